The molecular formula is C12H13BrClF3O2. The van der Waals surface area contributed by atoms with E-state index in [2.05, 4.69) is 20.7 Å². The van der Waals surface area contributed by atoms with Gasteiger partial charge in [0, 0.05) is 22.3 Å². The molecule has 1 aromatic carbocycles. The van der Waals surface area contributed by atoms with Crippen molar-refractivity contribution < 1.29 is 22.6 Å². The standard InChI is InChI=1S/C12H13BrClF3O2/c13-7-9-6-10(14)2-3-11(9)19-5-1-4-18-8-12(15,16)17/h2-3,6H,1,4-5,7-8H2. The van der Waals surface area contributed by atoms with Gasteiger partial charge in [-0.05, 0) is 18.2 Å². The first kappa shape index (κ1) is 16.6. The fourth-order valence-electron chi connectivity index (χ4n) is 1.32. The van der Waals surface area contributed by atoms with Gasteiger partial charge in [0.15, 0.2) is 0 Å². The second kappa shape index (κ2) is 7.97. The molecule has 0 bridgehead atoms. The van der Waals surface area contributed by atoms with Crippen molar-refractivity contribution in [2.24, 2.45) is 0 Å². The molecule has 0 radical (unpaired) electrons. The monoisotopic (exact) mass is 360 g/mol. The molecule has 0 saturated heterocycles. The van der Waals surface area contributed by atoms with Gasteiger partial charge >= 0.3 is 6.18 Å². The number of alkyl halides is 4. The summed E-state index contributed by atoms with van der Waals surface area (Å²) in [5, 5.41) is 1.20. The average Bonchev–Trinajstić information content (AvgIpc) is 2.33. The first-order chi connectivity index (χ1) is 8.92. The van der Waals surface area contributed by atoms with Crippen LogP contribution in [0.1, 0.15) is 12.0 Å². The summed E-state index contributed by atoms with van der Waals surface area (Å²) in [5.41, 5.74) is 0.892. The molecule has 2 nitrogen and oxygen atoms in total. The molecule has 1 aromatic rings. The van der Waals surface area contributed by atoms with Gasteiger partial charge in [-0.15, -0.1) is 0 Å². The van der Waals surface area contributed by atoms with Crippen molar-refractivity contribution in [1.29, 1.82) is 0 Å². The first-order valence-corrected chi connectivity index (χ1v) is 7.04. The Bertz CT molecular complexity index is 399. The minimum Gasteiger partial charge on any atom is -0.493 e. The third-order valence-corrected chi connectivity index (χ3v) is 2.96. The van der Waals surface area contributed by atoms with Crippen LogP contribution in [0.25, 0.3) is 0 Å². The zero-order valence-electron chi connectivity index (χ0n) is 9.97. The molecule has 0 N–H and O–H groups in total. The number of hydrogen-bond donors (Lipinski definition) is 0. The Hall–Kier alpha value is -0.460. The number of benzene rings is 1. The van der Waals surface area contributed by atoms with Crippen LogP contribution in [0.2, 0.25) is 5.02 Å². The number of ether oxygens (including phenoxy) is 2. The van der Waals surface area contributed by atoms with E-state index >= 15 is 0 Å². The van der Waals surface area contributed by atoms with Gasteiger partial charge in [-0.25, -0.2) is 0 Å². The normalized spacial score (nSPS) is 11.6. The Kier molecular flexibility index (Phi) is 6.96. The van der Waals surface area contributed by atoms with Crippen LogP contribution in [0.15, 0.2) is 18.2 Å². The number of hydrogen-bond acceptors (Lipinski definition) is 2. The second-order valence-electron chi connectivity index (χ2n) is 3.76. The maximum Gasteiger partial charge on any atom is 0.411 e. The highest BCUT2D eigenvalue weighted by atomic mass is 79.9. The van der Waals surface area contributed by atoms with Crippen molar-refractivity contribution in [1.82, 2.24) is 0 Å². The van der Waals surface area contributed by atoms with E-state index in [4.69, 9.17) is 16.3 Å². The quantitative estimate of drug-likeness (QED) is 0.523. The topological polar surface area (TPSA) is 18.5 Å². The summed E-state index contributed by atoms with van der Waals surface area (Å²) >= 11 is 9.15. The molecule has 0 aliphatic heterocycles. The van der Waals surface area contributed by atoms with Gasteiger partial charge in [-0.1, -0.05) is 27.5 Å². The Morgan fingerprint density at radius 2 is 1.95 bits per heavy atom. The molecule has 0 unspecified atom stereocenters. The lowest BCUT2D eigenvalue weighted by Crippen LogP contribution is -2.18. The minimum atomic E-state index is -4.28. The molecule has 0 fully saturated rings. The van der Waals surface area contributed by atoms with E-state index in [0.717, 1.165) is 5.56 Å². The van der Waals surface area contributed by atoms with E-state index in [-0.39, 0.29) is 6.61 Å². The van der Waals surface area contributed by atoms with Crippen LogP contribution in [0.3, 0.4) is 0 Å². The molecule has 19 heavy (non-hydrogen) atoms. The third-order valence-electron chi connectivity index (χ3n) is 2.12. The fourth-order valence-corrected chi connectivity index (χ4v) is 1.96. The van der Waals surface area contributed by atoms with Gasteiger partial charge in [0.1, 0.15) is 12.4 Å². The molecule has 0 heterocycles. The van der Waals surface area contributed by atoms with Crippen LogP contribution in [-0.4, -0.2) is 26.0 Å². The Labute approximate surface area is 123 Å². The summed E-state index contributed by atoms with van der Waals surface area (Å²) in [5.74, 6) is 0.664. The van der Waals surface area contributed by atoms with E-state index < -0.39 is 12.8 Å². The molecule has 0 aliphatic carbocycles. The van der Waals surface area contributed by atoms with Crippen LogP contribution < -0.4 is 4.74 Å². The predicted molar refractivity (Wildman–Crippen MR) is 71.1 cm³/mol. The van der Waals surface area contributed by atoms with E-state index in [1.807, 2.05) is 0 Å². The van der Waals surface area contributed by atoms with E-state index in [1.165, 1.54) is 0 Å². The van der Waals surface area contributed by atoms with Crippen molar-refractivity contribution >= 4 is 27.5 Å². The number of rotatable bonds is 7. The predicted octanol–water partition coefficient (Wildman–Crippen LogP) is 4.58. The zero-order valence-corrected chi connectivity index (χ0v) is 12.3. The number of halogens is 5. The molecule has 0 amide bonds. The van der Waals surface area contributed by atoms with E-state index in [9.17, 15) is 13.2 Å². The highest BCUT2D eigenvalue weighted by molar-refractivity contribution is 9.08. The summed E-state index contributed by atoms with van der Waals surface area (Å²) in [6.07, 6.45) is -3.89. The third kappa shape index (κ3) is 7.03. The van der Waals surface area contributed by atoms with Gasteiger partial charge < -0.3 is 9.47 Å². The Morgan fingerprint density at radius 1 is 1.21 bits per heavy atom. The highest BCUT2D eigenvalue weighted by Crippen LogP contribution is 2.25. The first-order valence-electron chi connectivity index (χ1n) is 5.54. The zero-order chi connectivity index (χ0) is 14.3. The fraction of sp³-hybridized carbons (Fsp3) is 0.500. The lowest BCUT2D eigenvalue weighted by atomic mass is 10.2. The summed E-state index contributed by atoms with van der Waals surface area (Å²) in [4.78, 5) is 0. The lowest BCUT2D eigenvalue weighted by molar-refractivity contribution is -0.174. The highest BCUT2D eigenvalue weighted by Gasteiger charge is 2.27. The molecule has 1 rings (SSSR count). The molecule has 0 aromatic heterocycles. The van der Waals surface area contributed by atoms with Gasteiger partial charge in [0.2, 0.25) is 0 Å². The molecule has 0 atom stereocenters. The Morgan fingerprint density at radius 3 is 2.58 bits per heavy atom. The van der Waals surface area contributed by atoms with Crippen molar-refractivity contribution in [3.63, 3.8) is 0 Å². The second-order valence-corrected chi connectivity index (χ2v) is 4.75. The van der Waals surface area contributed by atoms with Gasteiger partial charge in [0.25, 0.3) is 0 Å². The lowest BCUT2D eigenvalue weighted by Gasteiger charge is -2.11. The van der Waals surface area contributed by atoms with Crippen molar-refractivity contribution in [2.45, 2.75) is 17.9 Å². The SMILES string of the molecule is FC(F)(F)COCCCOc1ccc(Cl)cc1CBr. The van der Waals surface area contributed by atoms with Crippen molar-refractivity contribution in [3.05, 3.63) is 28.8 Å². The molecule has 0 spiro atoms. The van der Waals surface area contributed by atoms with Crippen molar-refractivity contribution in [3.8, 4) is 5.75 Å². The maximum absolute atomic E-state index is 11.8. The summed E-state index contributed by atoms with van der Waals surface area (Å²) in [7, 11) is 0. The average molecular weight is 362 g/mol. The van der Waals surface area contributed by atoms with Gasteiger partial charge in [0.05, 0.1) is 13.2 Å². The summed E-state index contributed by atoms with van der Waals surface area (Å²) in [6.45, 7) is -0.920. The van der Waals surface area contributed by atoms with Crippen LogP contribution >= 0.6 is 27.5 Å². The summed E-state index contributed by atoms with van der Waals surface area (Å²) in [6, 6.07) is 5.20. The Balaban J connectivity index is 2.26. The van der Waals surface area contributed by atoms with Gasteiger partial charge in [-0.3, -0.25) is 0 Å². The molecule has 0 saturated carbocycles. The molecule has 108 valence electrons. The van der Waals surface area contributed by atoms with Crippen LogP contribution in [-0.2, 0) is 10.1 Å². The summed E-state index contributed by atoms with van der Waals surface area (Å²) < 4.78 is 45.3. The van der Waals surface area contributed by atoms with Crippen LogP contribution in [0.5, 0.6) is 5.75 Å². The van der Waals surface area contributed by atoms with E-state index in [1.54, 1.807) is 18.2 Å². The molecule has 0 aliphatic rings. The van der Waals surface area contributed by atoms with E-state index in [0.29, 0.717) is 29.1 Å². The maximum atomic E-state index is 11.8. The van der Waals surface area contributed by atoms with Gasteiger partial charge in [-0.2, -0.15) is 13.2 Å². The van der Waals surface area contributed by atoms with Crippen LogP contribution in [0.4, 0.5) is 13.2 Å². The largest absolute Gasteiger partial charge is 0.493 e. The molecule has 7 heteroatoms. The van der Waals surface area contributed by atoms with Crippen molar-refractivity contribution in [2.75, 3.05) is 19.8 Å². The molecular weight excluding hydrogens is 348 g/mol. The smallest absolute Gasteiger partial charge is 0.411 e. The van der Waals surface area contributed by atoms with Crippen LogP contribution in [0, 0.1) is 0 Å². The minimum absolute atomic E-state index is 0.0107.